The van der Waals surface area contributed by atoms with E-state index in [-0.39, 0.29) is 11.9 Å². The Morgan fingerprint density at radius 3 is 2.30 bits per heavy atom. The zero-order valence-electron chi connectivity index (χ0n) is 11.4. The lowest BCUT2D eigenvalue weighted by atomic mass is 10.4. The SMILES string of the molecule is CS(=O)(=O)N1CCCN(Cc2nc(N)nc(N)n2)CC1. The lowest BCUT2D eigenvalue weighted by molar-refractivity contribution is 0.272. The minimum Gasteiger partial charge on any atom is -0.368 e. The molecule has 9 nitrogen and oxygen atoms in total. The topological polar surface area (TPSA) is 131 Å². The fourth-order valence-electron chi connectivity index (χ4n) is 2.16. The van der Waals surface area contributed by atoms with E-state index in [0.717, 1.165) is 13.0 Å². The first kappa shape index (κ1) is 14.9. The van der Waals surface area contributed by atoms with Gasteiger partial charge in [0.1, 0.15) is 5.82 Å². The van der Waals surface area contributed by atoms with Crippen LogP contribution in [-0.4, -0.2) is 65.0 Å². The van der Waals surface area contributed by atoms with Gasteiger partial charge >= 0.3 is 0 Å². The van der Waals surface area contributed by atoms with E-state index in [0.29, 0.717) is 32.0 Å². The van der Waals surface area contributed by atoms with E-state index in [4.69, 9.17) is 11.5 Å². The highest BCUT2D eigenvalue weighted by Gasteiger charge is 2.21. The molecule has 1 fully saturated rings. The standard InChI is InChI=1S/C10H19N7O2S/c1-20(18,19)17-4-2-3-16(5-6-17)7-8-13-9(11)15-10(12)14-8/h2-7H2,1H3,(H4,11,12,13,14,15). The molecule has 112 valence electrons. The Bertz CT molecular complexity index is 557. The van der Waals surface area contributed by atoms with Gasteiger partial charge in [0, 0.05) is 19.6 Å². The molecule has 2 rings (SSSR count). The number of aromatic nitrogens is 3. The van der Waals surface area contributed by atoms with Crippen LogP contribution in [0.4, 0.5) is 11.9 Å². The normalized spacial score (nSPS) is 18.9. The summed E-state index contributed by atoms with van der Waals surface area (Å²) < 4.78 is 24.6. The Morgan fingerprint density at radius 1 is 1.05 bits per heavy atom. The van der Waals surface area contributed by atoms with Gasteiger partial charge in [-0.3, -0.25) is 4.90 Å². The van der Waals surface area contributed by atoms with Crippen LogP contribution in [0.1, 0.15) is 12.2 Å². The molecule has 10 heteroatoms. The number of rotatable bonds is 3. The first-order chi connectivity index (χ1) is 9.34. The second-order valence-electron chi connectivity index (χ2n) is 4.76. The fraction of sp³-hybridized carbons (Fsp3) is 0.700. The Hall–Kier alpha value is -1.52. The molecule has 1 saturated heterocycles. The van der Waals surface area contributed by atoms with Gasteiger partial charge in [0.15, 0.2) is 0 Å². The summed E-state index contributed by atoms with van der Waals surface area (Å²) in [5.74, 6) is 0.697. The molecule has 1 aliphatic heterocycles. The van der Waals surface area contributed by atoms with Crippen molar-refractivity contribution in [3.63, 3.8) is 0 Å². The molecule has 1 aromatic rings. The smallest absolute Gasteiger partial charge is 0.225 e. The Labute approximate surface area is 118 Å². The summed E-state index contributed by atoms with van der Waals surface area (Å²) in [6, 6.07) is 0. The molecule has 0 spiro atoms. The van der Waals surface area contributed by atoms with Gasteiger partial charge in [-0.15, -0.1) is 0 Å². The summed E-state index contributed by atoms with van der Waals surface area (Å²) in [7, 11) is -3.13. The Morgan fingerprint density at radius 2 is 1.70 bits per heavy atom. The molecule has 20 heavy (non-hydrogen) atoms. The van der Waals surface area contributed by atoms with Crippen molar-refractivity contribution in [2.75, 3.05) is 43.9 Å². The molecule has 0 aromatic carbocycles. The number of nitrogens with two attached hydrogens (primary N) is 2. The molecule has 0 aliphatic carbocycles. The number of hydrogen-bond donors (Lipinski definition) is 2. The molecule has 1 aromatic heterocycles. The van der Waals surface area contributed by atoms with E-state index < -0.39 is 10.0 Å². The van der Waals surface area contributed by atoms with Crippen LogP contribution in [-0.2, 0) is 16.6 Å². The monoisotopic (exact) mass is 301 g/mol. The van der Waals surface area contributed by atoms with E-state index in [1.807, 2.05) is 0 Å². The number of hydrogen-bond acceptors (Lipinski definition) is 8. The molecule has 2 heterocycles. The molecule has 0 saturated carbocycles. The van der Waals surface area contributed by atoms with Crippen molar-refractivity contribution in [3.05, 3.63) is 5.82 Å². The molecule has 0 radical (unpaired) electrons. The average Bonchev–Trinajstić information content (AvgIpc) is 2.52. The third kappa shape index (κ3) is 3.99. The van der Waals surface area contributed by atoms with Crippen LogP contribution < -0.4 is 11.5 Å². The molecule has 1 aliphatic rings. The first-order valence-corrected chi connectivity index (χ1v) is 8.13. The fourth-order valence-corrected chi connectivity index (χ4v) is 3.04. The van der Waals surface area contributed by atoms with Gasteiger partial charge < -0.3 is 11.5 Å². The first-order valence-electron chi connectivity index (χ1n) is 6.28. The van der Waals surface area contributed by atoms with Gasteiger partial charge in [-0.1, -0.05) is 0 Å². The van der Waals surface area contributed by atoms with Gasteiger partial charge in [-0.05, 0) is 13.0 Å². The third-order valence-corrected chi connectivity index (χ3v) is 4.40. The van der Waals surface area contributed by atoms with Crippen molar-refractivity contribution >= 4 is 21.9 Å². The van der Waals surface area contributed by atoms with Crippen LogP contribution in [0.15, 0.2) is 0 Å². The van der Waals surface area contributed by atoms with E-state index in [1.54, 1.807) is 0 Å². The number of nitrogen functional groups attached to an aromatic ring is 2. The third-order valence-electron chi connectivity index (χ3n) is 3.10. The molecule has 0 unspecified atom stereocenters. The van der Waals surface area contributed by atoms with E-state index in [9.17, 15) is 8.42 Å². The number of sulfonamides is 1. The largest absolute Gasteiger partial charge is 0.368 e. The van der Waals surface area contributed by atoms with E-state index >= 15 is 0 Å². The summed E-state index contributed by atoms with van der Waals surface area (Å²) >= 11 is 0. The van der Waals surface area contributed by atoms with Crippen molar-refractivity contribution < 1.29 is 8.42 Å². The highest BCUT2D eigenvalue weighted by atomic mass is 32.2. The highest BCUT2D eigenvalue weighted by molar-refractivity contribution is 7.88. The molecule has 0 bridgehead atoms. The van der Waals surface area contributed by atoms with Gasteiger partial charge in [-0.2, -0.15) is 15.0 Å². The molecule has 4 N–H and O–H groups in total. The van der Waals surface area contributed by atoms with Gasteiger partial charge in [0.05, 0.1) is 12.8 Å². The van der Waals surface area contributed by atoms with Crippen molar-refractivity contribution in [1.29, 1.82) is 0 Å². The van der Waals surface area contributed by atoms with Crippen molar-refractivity contribution in [2.45, 2.75) is 13.0 Å². The summed E-state index contributed by atoms with van der Waals surface area (Å²) in [6.45, 7) is 2.89. The maximum absolute atomic E-state index is 11.5. The van der Waals surface area contributed by atoms with Crippen LogP contribution in [0.25, 0.3) is 0 Å². The zero-order chi connectivity index (χ0) is 14.8. The minimum atomic E-state index is -3.13. The molecular weight excluding hydrogens is 282 g/mol. The Balaban J connectivity index is 2.01. The quantitative estimate of drug-likeness (QED) is 0.689. The number of nitrogens with zero attached hydrogens (tertiary/aromatic N) is 5. The van der Waals surface area contributed by atoms with Crippen molar-refractivity contribution in [1.82, 2.24) is 24.2 Å². The van der Waals surface area contributed by atoms with Crippen molar-refractivity contribution in [3.8, 4) is 0 Å². The van der Waals surface area contributed by atoms with E-state index in [2.05, 4.69) is 19.9 Å². The lowest BCUT2D eigenvalue weighted by Crippen LogP contribution is -2.34. The number of anilines is 2. The van der Waals surface area contributed by atoms with Crippen molar-refractivity contribution in [2.24, 2.45) is 0 Å². The lowest BCUT2D eigenvalue weighted by Gasteiger charge is -2.19. The molecule has 0 amide bonds. The second-order valence-corrected chi connectivity index (χ2v) is 6.74. The van der Waals surface area contributed by atoms with Gasteiger partial charge in [0.2, 0.25) is 21.9 Å². The predicted molar refractivity (Wildman–Crippen MR) is 75.0 cm³/mol. The average molecular weight is 301 g/mol. The highest BCUT2D eigenvalue weighted by Crippen LogP contribution is 2.10. The van der Waals surface area contributed by atoms with Crippen LogP contribution in [0, 0.1) is 0 Å². The van der Waals surface area contributed by atoms with Crippen LogP contribution in [0.3, 0.4) is 0 Å². The van der Waals surface area contributed by atoms with Crippen LogP contribution >= 0.6 is 0 Å². The summed E-state index contributed by atoms with van der Waals surface area (Å²) in [4.78, 5) is 13.9. The molecule has 0 atom stereocenters. The maximum atomic E-state index is 11.5. The predicted octanol–water partition coefficient (Wildman–Crippen LogP) is -1.50. The van der Waals surface area contributed by atoms with E-state index in [1.165, 1.54) is 10.6 Å². The maximum Gasteiger partial charge on any atom is 0.225 e. The molecular formula is C10H19N7O2S. The summed E-state index contributed by atoms with van der Waals surface area (Å²) in [5.41, 5.74) is 11.1. The van der Waals surface area contributed by atoms with Crippen LogP contribution in [0.2, 0.25) is 0 Å². The second kappa shape index (κ2) is 5.85. The summed E-state index contributed by atoms with van der Waals surface area (Å²) in [5, 5.41) is 0. The zero-order valence-corrected chi connectivity index (χ0v) is 12.2. The minimum absolute atomic E-state index is 0.0973. The Kier molecular flexibility index (Phi) is 4.35. The van der Waals surface area contributed by atoms with Gasteiger partial charge in [-0.25, -0.2) is 12.7 Å². The summed E-state index contributed by atoms with van der Waals surface area (Å²) in [6.07, 6.45) is 2.00. The van der Waals surface area contributed by atoms with Gasteiger partial charge in [0.25, 0.3) is 0 Å². The van der Waals surface area contributed by atoms with Crippen LogP contribution in [0.5, 0.6) is 0 Å².